The highest BCUT2D eigenvalue weighted by Gasteiger charge is 2.12. The van der Waals surface area contributed by atoms with Gasteiger partial charge in [-0.15, -0.1) is 0 Å². The van der Waals surface area contributed by atoms with Crippen LogP contribution in [0, 0.1) is 3.57 Å². The van der Waals surface area contributed by atoms with Gasteiger partial charge in [-0.3, -0.25) is 0 Å². The van der Waals surface area contributed by atoms with Crippen molar-refractivity contribution in [2.75, 3.05) is 12.8 Å². The number of ether oxygens (including phenoxy) is 1. The number of benzene rings is 1. The lowest BCUT2D eigenvalue weighted by atomic mass is 10.1. The third-order valence-corrected chi connectivity index (χ3v) is 3.84. The number of carbonyl (C=O) groups excluding carboxylic acids is 1. The normalized spacial score (nSPS) is 10.8. The number of methoxy groups -OCH3 is 1. The number of nitrogens with two attached hydrogens (primary N) is 1. The molecule has 0 aliphatic heterocycles. The van der Waals surface area contributed by atoms with E-state index in [0.717, 1.165) is 20.5 Å². The largest absolute Gasteiger partial charge is 0.465 e. The topological polar surface area (TPSA) is 82.5 Å². The van der Waals surface area contributed by atoms with Gasteiger partial charge in [0.25, 0.3) is 0 Å². The van der Waals surface area contributed by atoms with Crippen LogP contribution in [-0.4, -0.2) is 27.7 Å². The molecule has 21 heavy (non-hydrogen) atoms. The minimum absolute atomic E-state index is 0.348. The summed E-state index contributed by atoms with van der Waals surface area (Å²) in [5, 5.41) is 4.18. The summed E-state index contributed by atoms with van der Waals surface area (Å²) >= 11 is 2.18. The first-order chi connectivity index (χ1) is 10.1. The number of esters is 1. The Morgan fingerprint density at radius 3 is 2.90 bits per heavy atom. The Labute approximate surface area is 134 Å². The number of nitrogen functional groups attached to an aromatic ring is 1. The quantitative estimate of drug-likeness (QED) is 0.410. The Morgan fingerprint density at radius 1 is 1.38 bits per heavy atom. The average Bonchev–Trinajstić information content (AvgIpc) is 2.87. The molecule has 1 aromatic carbocycles. The lowest BCUT2D eigenvalue weighted by Crippen LogP contribution is -2.05. The summed E-state index contributed by atoms with van der Waals surface area (Å²) in [5.74, 6) is -0.451. The highest BCUT2D eigenvalue weighted by atomic mass is 127. The fourth-order valence-electron chi connectivity index (χ4n) is 2.02. The third kappa shape index (κ3) is 2.44. The fraction of sp³-hybridized carbons (Fsp3) is 0.0714. The van der Waals surface area contributed by atoms with Crippen molar-refractivity contribution in [3.05, 3.63) is 45.8 Å². The SMILES string of the molecule is COC(=O)c1ccc(-c2ccn3ncc(I)c3n2)cc1N. The predicted octanol–water partition coefficient (Wildman–Crippen LogP) is 2.37. The number of fused-ring (bicyclic) bond motifs is 1. The van der Waals surface area contributed by atoms with Crippen LogP contribution in [-0.2, 0) is 4.74 Å². The van der Waals surface area contributed by atoms with Crippen LogP contribution in [0.2, 0.25) is 0 Å². The van der Waals surface area contributed by atoms with Crippen LogP contribution in [0.1, 0.15) is 10.4 Å². The smallest absolute Gasteiger partial charge is 0.339 e. The van der Waals surface area contributed by atoms with Crippen molar-refractivity contribution in [2.24, 2.45) is 0 Å². The molecule has 106 valence electrons. The van der Waals surface area contributed by atoms with Crippen molar-refractivity contribution in [1.29, 1.82) is 0 Å². The third-order valence-electron chi connectivity index (χ3n) is 3.08. The standard InChI is InChI=1S/C14H11IN4O2/c1-21-14(20)9-3-2-8(6-11(9)16)12-4-5-19-13(18-12)10(15)7-17-19/h2-7H,16H2,1H3. The maximum Gasteiger partial charge on any atom is 0.339 e. The van der Waals surface area contributed by atoms with Crippen molar-refractivity contribution < 1.29 is 9.53 Å². The first kappa shape index (κ1) is 13.8. The first-order valence-corrected chi connectivity index (χ1v) is 7.16. The zero-order valence-electron chi connectivity index (χ0n) is 11.1. The van der Waals surface area contributed by atoms with Gasteiger partial charge in [0, 0.05) is 17.4 Å². The minimum atomic E-state index is -0.451. The van der Waals surface area contributed by atoms with Gasteiger partial charge in [0.05, 0.1) is 28.1 Å². The van der Waals surface area contributed by atoms with E-state index >= 15 is 0 Å². The second kappa shape index (κ2) is 5.32. The Kier molecular flexibility index (Phi) is 3.50. The number of halogens is 1. The van der Waals surface area contributed by atoms with E-state index in [-0.39, 0.29) is 0 Å². The number of rotatable bonds is 2. The highest BCUT2D eigenvalue weighted by Crippen LogP contribution is 2.24. The van der Waals surface area contributed by atoms with Crippen molar-refractivity contribution in [3.8, 4) is 11.3 Å². The van der Waals surface area contributed by atoms with E-state index in [4.69, 9.17) is 5.73 Å². The number of hydrogen-bond donors (Lipinski definition) is 1. The molecule has 0 saturated carbocycles. The Balaban J connectivity index is 2.08. The monoisotopic (exact) mass is 394 g/mol. The lowest BCUT2D eigenvalue weighted by molar-refractivity contribution is 0.0602. The predicted molar refractivity (Wildman–Crippen MR) is 86.9 cm³/mol. The van der Waals surface area contributed by atoms with Crippen molar-refractivity contribution in [3.63, 3.8) is 0 Å². The number of aromatic nitrogens is 3. The van der Waals surface area contributed by atoms with Gasteiger partial charge in [-0.1, -0.05) is 6.07 Å². The summed E-state index contributed by atoms with van der Waals surface area (Å²) in [6, 6.07) is 7.01. The number of anilines is 1. The van der Waals surface area contributed by atoms with E-state index in [1.165, 1.54) is 7.11 Å². The molecule has 2 N–H and O–H groups in total. The van der Waals surface area contributed by atoms with Crippen LogP contribution < -0.4 is 5.73 Å². The van der Waals surface area contributed by atoms with E-state index in [1.54, 1.807) is 28.9 Å². The molecule has 0 spiro atoms. The van der Waals surface area contributed by atoms with Crippen LogP contribution >= 0.6 is 22.6 Å². The molecule has 0 unspecified atom stereocenters. The minimum Gasteiger partial charge on any atom is -0.465 e. The summed E-state index contributed by atoms with van der Waals surface area (Å²) in [7, 11) is 1.33. The molecular formula is C14H11IN4O2. The second-order valence-electron chi connectivity index (χ2n) is 4.37. The molecule has 2 aromatic heterocycles. The first-order valence-electron chi connectivity index (χ1n) is 6.08. The molecule has 0 radical (unpaired) electrons. The van der Waals surface area contributed by atoms with Gasteiger partial charge in [0.2, 0.25) is 0 Å². The van der Waals surface area contributed by atoms with Crippen molar-refractivity contribution >= 4 is 39.9 Å². The molecular weight excluding hydrogens is 383 g/mol. The Morgan fingerprint density at radius 2 is 2.19 bits per heavy atom. The number of hydrogen-bond acceptors (Lipinski definition) is 5. The van der Waals surface area contributed by atoms with Crippen molar-refractivity contribution in [2.45, 2.75) is 0 Å². The van der Waals surface area contributed by atoms with Gasteiger partial charge in [-0.05, 0) is 40.8 Å². The van der Waals surface area contributed by atoms with Gasteiger partial charge in [0.1, 0.15) is 0 Å². The van der Waals surface area contributed by atoms with Crippen LogP contribution in [0.15, 0.2) is 36.7 Å². The number of carbonyl (C=O) groups is 1. The fourth-order valence-corrected chi connectivity index (χ4v) is 2.51. The van der Waals surface area contributed by atoms with Crippen LogP contribution in [0.3, 0.4) is 0 Å². The molecule has 2 heterocycles. The van der Waals surface area contributed by atoms with E-state index in [0.29, 0.717) is 11.3 Å². The average molecular weight is 394 g/mol. The van der Waals surface area contributed by atoms with Gasteiger partial charge in [-0.25, -0.2) is 14.3 Å². The summed E-state index contributed by atoms with van der Waals surface area (Å²) in [4.78, 5) is 16.1. The Bertz CT molecular complexity index is 844. The van der Waals surface area contributed by atoms with Gasteiger partial charge >= 0.3 is 5.97 Å². The van der Waals surface area contributed by atoms with Gasteiger partial charge < -0.3 is 10.5 Å². The molecule has 0 amide bonds. The molecule has 0 saturated heterocycles. The Hall–Kier alpha value is -2.16. The molecule has 6 nitrogen and oxygen atoms in total. The maximum atomic E-state index is 11.5. The molecule has 0 atom stereocenters. The summed E-state index contributed by atoms with van der Waals surface area (Å²) in [6.07, 6.45) is 3.59. The second-order valence-corrected chi connectivity index (χ2v) is 5.53. The zero-order chi connectivity index (χ0) is 15.0. The molecule has 7 heteroatoms. The zero-order valence-corrected chi connectivity index (χ0v) is 13.2. The molecule has 0 fully saturated rings. The van der Waals surface area contributed by atoms with E-state index < -0.39 is 5.97 Å². The molecule has 0 aliphatic rings. The van der Waals surface area contributed by atoms with Gasteiger partial charge in [-0.2, -0.15) is 5.10 Å². The maximum absolute atomic E-state index is 11.5. The lowest BCUT2D eigenvalue weighted by Gasteiger charge is -2.07. The highest BCUT2D eigenvalue weighted by molar-refractivity contribution is 14.1. The number of nitrogens with zero attached hydrogens (tertiary/aromatic N) is 3. The van der Waals surface area contributed by atoms with Crippen LogP contribution in [0.4, 0.5) is 5.69 Å². The van der Waals surface area contributed by atoms with Crippen molar-refractivity contribution in [1.82, 2.24) is 14.6 Å². The van der Waals surface area contributed by atoms with Gasteiger partial charge in [0.15, 0.2) is 5.65 Å². The van der Waals surface area contributed by atoms with E-state index in [9.17, 15) is 4.79 Å². The van der Waals surface area contributed by atoms with Crippen LogP contribution in [0.5, 0.6) is 0 Å². The summed E-state index contributed by atoms with van der Waals surface area (Å²) in [5.41, 5.74) is 9.01. The molecule has 0 bridgehead atoms. The van der Waals surface area contributed by atoms with E-state index in [2.05, 4.69) is 37.4 Å². The van der Waals surface area contributed by atoms with Crippen LogP contribution in [0.25, 0.3) is 16.9 Å². The van der Waals surface area contributed by atoms with E-state index in [1.807, 2.05) is 12.3 Å². The summed E-state index contributed by atoms with van der Waals surface area (Å²) < 4.78 is 7.35. The summed E-state index contributed by atoms with van der Waals surface area (Å²) in [6.45, 7) is 0. The molecule has 0 aliphatic carbocycles. The molecule has 3 aromatic rings. The molecule has 3 rings (SSSR count).